The van der Waals surface area contributed by atoms with E-state index >= 15 is 0 Å². The quantitative estimate of drug-likeness (QED) is 0.612. The molecule has 0 saturated carbocycles. The third kappa shape index (κ3) is 4.70. The van der Waals surface area contributed by atoms with Crippen LogP contribution in [-0.4, -0.2) is 23.0 Å². The fourth-order valence-corrected chi connectivity index (χ4v) is 2.67. The van der Waals surface area contributed by atoms with Crippen molar-refractivity contribution in [2.24, 2.45) is 16.1 Å². The maximum Gasteiger partial charge on any atom is 0.243 e. The average molecular weight is 319 g/mol. The first kappa shape index (κ1) is 18.4. The van der Waals surface area contributed by atoms with Crippen molar-refractivity contribution < 1.29 is 4.79 Å². The number of benzene rings is 1. The van der Waals surface area contributed by atoms with E-state index < -0.39 is 0 Å². The average Bonchev–Trinajstić information content (AvgIpc) is 2.84. The van der Waals surface area contributed by atoms with Crippen molar-refractivity contribution in [1.82, 2.24) is 0 Å². The fourth-order valence-electron chi connectivity index (χ4n) is 1.85. The number of thioether (sulfide) groups is 1. The van der Waals surface area contributed by atoms with Gasteiger partial charge in [-0.1, -0.05) is 51.6 Å². The van der Waals surface area contributed by atoms with Crippen molar-refractivity contribution in [3.8, 4) is 0 Å². The number of anilines is 1. The van der Waals surface area contributed by atoms with Crippen LogP contribution in [0.4, 0.5) is 5.69 Å². The molecule has 1 heterocycles. The topological polar surface area (TPSA) is 45.0 Å². The van der Waals surface area contributed by atoms with Crippen LogP contribution in [0.15, 0.2) is 28.4 Å². The Morgan fingerprint density at radius 2 is 1.95 bits per heavy atom. The molecule has 0 bridgehead atoms. The summed E-state index contributed by atoms with van der Waals surface area (Å²) in [5.74, 6) is 0.821. The molecule has 2 rings (SSSR count). The predicted molar refractivity (Wildman–Crippen MR) is 98.0 cm³/mol. The van der Waals surface area contributed by atoms with Crippen LogP contribution in [0, 0.1) is 19.8 Å². The van der Waals surface area contributed by atoms with Crippen LogP contribution in [-0.2, 0) is 4.79 Å². The highest BCUT2D eigenvalue weighted by Gasteiger charge is 2.30. The van der Waals surface area contributed by atoms with E-state index in [9.17, 15) is 4.79 Å². The van der Waals surface area contributed by atoms with E-state index in [2.05, 4.69) is 10.2 Å². The van der Waals surface area contributed by atoms with Crippen LogP contribution in [0.2, 0.25) is 0 Å². The minimum Gasteiger partial charge on any atom is -0.273 e. The normalized spacial score (nSPS) is 16.6. The maximum atomic E-state index is 12.1. The number of carbonyl (C=O) groups excluding carboxylic acids is 1. The van der Waals surface area contributed by atoms with Crippen molar-refractivity contribution >= 4 is 34.7 Å². The molecule has 0 aliphatic carbocycles. The van der Waals surface area contributed by atoms with Gasteiger partial charge < -0.3 is 0 Å². The Hall–Kier alpha value is -1.62. The molecule has 0 spiro atoms. The zero-order valence-electron chi connectivity index (χ0n) is 14.3. The van der Waals surface area contributed by atoms with Crippen LogP contribution in [0.1, 0.15) is 38.8 Å². The van der Waals surface area contributed by atoms with Crippen LogP contribution < -0.4 is 4.90 Å². The molecule has 4 nitrogen and oxygen atoms in total. The molecule has 1 fully saturated rings. The molecule has 0 N–H and O–H groups in total. The van der Waals surface area contributed by atoms with E-state index in [0.717, 1.165) is 16.8 Å². The summed E-state index contributed by atoms with van der Waals surface area (Å²) in [4.78, 5) is 13.8. The number of nitrogens with zero attached hydrogens (tertiary/aromatic N) is 3. The van der Waals surface area contributed by atoms with Crippen LogP contribution >= 0.6 is 11.8 Å². The summed E-state index contributed by atoms with van der Waals surface area (Å²) in [6.07, 6.45) is 1.78. The molecular weight excluding hydrogens is 294 g/mol. The molecule has 0 unspecified atom stereocenters. The lowest BCUT2D eigenvalue weighted by Gasteiger charge is -2.18. The Morgan fingerprint density at radius 3 is 2.59 bits per heavy atom. The van der Waals surface area contributed by atoms with Gasteiger partial charge in [-0.2, -0.15) is 5.10 Å². The highest BCUT2D eigenvalue weighted by molar-refractivity contribution is 8.15. The Balaban J connectivity index is 0.00000116. The van der Waals surface area contributed by atoms with E-state index in [1.165, 1.54) is 11.8 Å². The van der Waals surface area contributed by atoms with E-state index in [0.29, 0.717) is 16.8 Å². The highest BCUT2D eigenvalue weighted by Crippen LogP contribution is 2.30. The van der Waals surface area contributed by atoms with E-state index in [1.54, 1.807) is 11.1 Å². The SMILES string of the molecule is CC.Cc1ccc(C)c(N2C(=O)CS/C2=N\N=C\C(C)C)c1. The third-order valence-electron chi connectivity index (χ3n) is 2.88. The molecule has 0 radical (unpaired) electrons. The summed E-state index contributed by atoms with van der Waals surface area (Å²) < 4.78 is 0. The molecule has 1 aliphatic heterocycles. The number of rotatable bonds is 3. The van der Waals surface area contributed by atoms with Crippen molar-refractivity contribution in [1.29, 1.82) is 0 Å². The van der Waals surface area contributed by atoms with Gasteiger partial charge in [0.1, 0.15) is 0 Å². The molecule has 1 aromatic rings. The van der Waals surface area contributed by atoms with E-state index in [4.69, 9.17) is 0 Å². The molecule has 120 valence electrons. The zero-order valence-corrected chi connectivity index (χ0v) is 15.1. The number of amidine groups is 1. The van der Waals surface area contributed by atoms with E-state index in [1.807, 2.05) is 59.7 Å². The second-order valence-electron chi connectivity index (χ2n) is 5.20. The molecule has 1 aromatic carbocycles. The van der Waals surface area contributed by atoms with Gasteiger partial charge in [0.2, 0.25) is 5.91 Å². The fraction of sp³-hybridized carbons (Fsp3) is 0.471. The third-order valence-corrected chi connectivity index (χ3v) is 3.79. The van der Waals surface area contributed by atoms with Gasteiger partial charge >= 0.3 is 0 Å². The molecule has 0 aromatic heterocycles. The van der Waals surface area contributed by atoms with Crippen molar-refractivity contribution in [3.63, 3.8) is 0 Å². The van der Waals surface area contributed by atoms with Gasteiger partial charge in [0, 0.05) is 6.21 Å². The molecule has 1 saturated heterocycles. The maximum absolute atomic E-state index is 12.1. The van der Waals surface area contributed by atoms with Crippen molar-refractivity contribution in [2.75, 3.05) is 10.7 Å². The van der Waals surface area contributed by atoms with Gasteiger partial charge in [0.05, 0.1) is 11.4 Å². The molecule has 1 amide bonds. The minimum absolute atomic E-state index is 0.0576. The Labute approximate surface area is 137 Å². The Morgan fingerprint density at radius 1 is 1.27 bits per heavy atom. The van der Waals surface area contributed by atoms with Crippen LogP contribution in [0.25, 0.3) is 0 Å². The Kier molecular flexibility index (Phi) is 7.32. The number of amides is 1. The standard InChI is InChI=1S/C15H19N3OS.C2H6/c1-10(2)8-16-17-15-18(14(19)9-20-15)13-7-11(3)5-6-12(13)4;1-2/h5-8,10H,9H2,1-4H3;1-2H3/b16-8+,17-15-;. The zero-order chi connectivity index (χ0) is 16.7. The molecule has 5 heteroatoms. The number of carbonyl (C=O) groups is 1. The minimum atomic E-state index is 0.0576. The van der Waals surface area contributed by atoms with Crippen LogP contribution in [0.3, 0.4) is 0 Å². The highest BCUT2D eigenvalue weighted by atomic mass is 32.2. The summed E-state index contributed by atoms with van der Waals surface area (Å²) in [5.41, 5.74) is 3.09. The molecule has 22 heavy (non-hydrogen) atoms. The predicted octanol–water partition coefficient (Wildman–Crippen LogP) is 4.41. The largest absolute Gasteiger partial charge is 0.273 e. The Bertz CT molecular complexity index is 579. The van der Waals surface area contributed by atoms with Gasteiger partial charge in [-0.15, -0.1) is 5.10 Å². The van der Waals surface area contributed by atoms with Gasteiger partial charge in [-0.3, -0.25) is 9.69 Å². The first-order chi connectivity index (χ1) is 10.5. The summed E-state index contributed by atoms with van der Waals surface area (Å²) >= 11 is 1.43. The second-order valence-corrected chi connectivity index (χ2v) is 6.14. The lowest BCUT2D eigenvalue weighted by molar-refractivity contribution is -0.115. The van der Waals surface area contributed by atoms with Crippen LogP contribution in [0.5, 0.6) is 0 Å². The summed E-state index contributed by atoms with van der Waals surface area (Å²) in [5, 5.41) is 8.91. The molecular formula is C17H25N3OS. The monoisotopic (exact) mass is 319 g/mol. The molecule has 0 atom stereocenters. The van der Waals surface area contributed by atoms with Gasteiger partial charge in [0.15, 0.2) is 5.17 Å². The first-order valence-corrected chi connectivity index (χ1v) is 8.61. The lowest BCUT2D eigenvalue weighted by atomic mass is 10.1. The lowest BCUT2D eigenvalue weighted by Crippen LogP contribution is -2.29. The summed E-state index contributed by atoms with van der Waals surface area (Å²) in [7, 11) is 0. The van der Waals surface area contributed by atoms with Gasteiger partial charge in [-0.05, 0) is 37.0 Å². The van der Waals surface area contributed by atoms with Gasteiger partial charge in [0.25, 0.3) is 0 Å². The van der Waals surface area contributed by atoms with Crippen molar-refractivity contribution in [3.05, 3.63) is 29.3 Å². The summed E-state index contributed by atoms with van der Waals surface area (Å²) in [6, 6.07) is 6.08. The second kappa shape index (κ2) is 8.73. The van der Waals surface area contributed by atoms with Gasteiger partial charge in [-0.25, -0.2) is 0 Å². The van der Waals surface area contributed by atoms with Crippen molar-refractivity contribution in [2.45, 2.75) is 41.5 Å². The van der Waals surface area contributed by atoms with E-state index in [-0.39, 0.29) is 5.91 Å². The number of aryl methyl sites for hydroxylation is 2. The summed E-state index contributed by atoms with van der Waals surface area (Å²) in [6.45, 7) is 12.1. The molecule has 1 aliphatic rings. The number of hydrogen-bond donors (Lipinski definition) is 0. The first-order valence-electron chi connectivity index (χ1n) is 7.63. The smallest absolute Gasteiger partial charge is 0.243 e. The number of hydrogen-bond acceptors (Lipinski definition) is 4.